The fourth-order valence-electron chi connectivity index (χ4n) is 2.90. The summed E-state index contributed by atoms with van der Waals surface area (Å²) in [5.74, 6) is -1.88. The molecule has 3 aromatic rings. The van der Waals surface area contributed by atoms with Crippen molar-refractivity contribution < 1.29 is 17.2 Å². The Morgan fingerprint density at radius 2 is 1.83 bits per heavy atom. The van der Waals surface area contributed by atoms with E-state index >= 15 is 0 Å². The average Bonchev–Trinajstić information content (AvgIpc) is 2.81. The second-order valence-electron chi connectivity index (χ2n) is 5.52. The van der Waals surface area contributed by atoms with E-state index in [1.54, 1.807) is 24.3 Å². The van der Waals surface area contributed by atoms with Gasteiger partial charge in [0.15, 0.2) is 21.5 Å². The lowest BCUT2D eigenvalue weighted by atomic mass is 10.1. The Labute approximate surface area is 136 Å². The molecule has 1 aliphatic heterocycles. The molecule has 0 aliphatic carbocycles. The van der Waals surface area contributed by atoms with Crippen LogP contribution >= 0.6 is 0 Å². The summed E-state index contributed by atoms with van der Waals surface area (Å²) in [5, 5.41) is 3.31. The molecular weight excluding hydrogens is 336 g/mol. The van der Waals surface area contributed by atoms with Crippen LogP contribution in [0.5, 0.6) is 0 Å². The highest BCUT2D eigenvalue weighted by Crippen LogP contribution is 2.36. The zero-order valence-electron chi connectivity index (χ0n) is 12.2. The van der Waals surface area contributed by atoms with E-state index in [-0.39, 0.29) is 27.4 Å². The Bertz CT molecular complexity index is 1070. The average molecular weight is 347 g/mol. The summed E-state index contributed by atoms with van der Waals surface area (Å²) < 4.78 is 51.4. The number of aromatic nitrogens is 2. The van der Waals surface area contributed by atoms with Gasteiger partial charge in [0.25, 0.3) is 0 Å². The van der Waals surface area contributed by atoms with Crippen molar-refractivity contribution in [3.05, 3.63) is 59.9 Å². The van der Waals surface area contributed by atoms with Crippen molar-refractivity contribution in [1.82, 2.24) is 9.97 Å². The third kappa shape index (κ3) is 2.30. The predicted octanol–water partition coefficient (Wildman–Crippen LogP) is 2.85. The molecular formula is C16H11F2N3O2S. The van der Waals surface area contributed by atoms with Crippen molar-refractivity contribution in [3.63, 3.8) is 0 Å². The molecule has 0 fully saturated rings. The first-order valence-corrected chi connectivity index (χ1v) is 8.79. The first-order chi connectivity index (χ1) is 11.5. The van der Waals surface area contributed by atoms with Crippen LogP contribution in [0.3, 0.4) is 0 Å². The molecule has 1 aliphatic rings. The second kappa shape index (κ2) is 5.20. The quantitative estimate of drug-likeness (QED) is 0.772. The fraction of sp³-hybridized carbons (Fsp3) is 0.125. The zero-order chi connectivity index (χ0) is 16.9. The smallest absolute Gasteiger partial charge is 0.181 e. The normalized spacial score (nSPS) is 18.5. The van der Waals surface area contributed by atoms with Crippen molar-refractivity contribution in [3.8, 4) is 0 Å². The number of sulfone groups is 1. The van der Waals surface area contributed by atoms with Crippen molar-refractivity contribution in [1.29, 1.82) is 0 Å². The van der Waals surface area contributed by atoms with Gasteiger partial charge in [-0.15, -0.1) is 0 Å². The number of benzene rings is 2. The van der Waals surface area contributed by atoms with Gasteiger partial charge in [-0.3, -0.25) is 0 Å². The number of hydrogen-bond acceptors (Lipinski definition) is 5. The van der Waals surface area contributed by atoms with Crippen LogP contribution in [0.15, 0.2) is 47.6 Å². The monoisotopic (exact) mass is 347 g/mol. The maximum absolute atomic E-state index is 13.6. The van der Waals surface area contributed by atoms with Gasteiger partial charge in [0, 0.05) is 11.5 Å². The summed E-state index contributed by atoms with van der Waals surface area (Å²) in [7, 11) is -3.38. The Kier molecular flexibility index (Phi) is 3.24. The number of rotatable bonds is 2. The molecule has 0 bridgehead atoms. The highest BCUT2D eigenvalue weighted by Gasteiger charge is 2.34. The molecule has 0 amide bonds. The molecule has 4 rings (SSSR count). The van der Waals surface area contributed by atoms with Crippen LogP contribution in [0.2, 0.25) is 0 Å². The second-order valence-corrected chi connectivity index (χ2v) is 7.52. The Balaban J connectivity index is 1.80. The molecule has 24 heavy (non-hydrogen) atoms. The highest BCUT2D eigenvalue weighted by molar-refractivity contribution is 7.91. The summed E-state index contributed by atoms with van der Waals surface area (Å²) >= 11 is 0. The Morgan fingerprint density at radius 1 is 1.08 bits per heavy atom. The molecule has 1 aromatic heterocycles. The van der Waals surface area contributed by atoms with Gasteiger partial charge in [-0.1, -0.05) is 18.2 Å². The minimum absolute atomic E-state index is 0.123. The third-order valence-corrected chi connectivity index (χ3v) is 5.82. The summed E-state index contributed by atoms with van der Waals surface area (Å²) in [6, 6.07) is 8.16. The van der Waals surface area contributed by atoms with Crippen molar-refractivity contribution in [2.45, 2.75) is 10.9 Å². The molecule has 0 radical (unpaired) electrons. The molecule has 8 heteroatoms. The van der Waals surface area contributed by atoms with Gasteiger partial charge in [0.05, 0.1) is 22.2 Å². The van der Waals surface area contributed by atoms with E-state index in [0.29, 0.717) is 5.56 Å². The van der Waals surface area contributed by atoms with E-state index in [1.165, 1.54) is 6.33 Å². The van der Waals surface area contributed by atoms with Gasteiger partial charge < -0.3 is 5.32 Å². The molecule has 0 saturated heterocycles. The highest BCUT2D eigenvalue weighted by atomic mass is 32.2. The zero-order valence-corrected chi connectivity index (χ0v) is 13.0. The molecule has 1 N–H and O–H groups in total. The van der Waals surface area contributed by atoms with Crippen LogP contribution in [-0.2, 0) is 9.84 Å². The largest absolute Gasteiger partial charge is 0.362 e. The number of nitrogens with zero attached hydrogens (tertiary/aromatic N) is 2. The van der Waals surface area contributed by atoms with Gasteiger partial charge in [-0.25, -0.2) is 27.2 Å². The number of nitrogens with one attached hydrogen (secondary N) is 1. The van der Waals surface area contributed by atoms with E-state index in [0.717, 1.165) is 12.1 Å². The van der Waals surface area contributed by atoms with E-state index in [2.05, 4.69) is 15.3 Å². The van der Waals surface area contributed by atoms with Crippen LogP contribution in [0.4, 0.5) is 14.6 Å². The van der Waals surface area contributed by atoms with Gasteiger partial charge in [0.2, 0.25) is 0 Å². The van der Waals surface area contributed by atoms with Crippen LogP contribution in [0.1, 0.15) is 11.6 Å². The SMILES string of the molecule is O=S1(=O)CC(Nc2ncnc3cc(F)c(F)cc23)c2ccccc21. The summed E-state index contributed by atoms with van der Waals surface area (Å²) in [6.07, 6.45) is 1.22. The molecule has 0 spiro atoms. The fourth-order valence-corrected chi connectivity index (χ4v) is 4.64. The van der Waals surface area contributed by atoms with Gasteiger partial charge >= 0.3 is 0 Å². The summed E-state index contributed by atoms with van der Waals surface area (Å²) in [4.78, 5) is 8.25. The van der Waals surface area contributed by atoms with Crippen LogP contribution in [0, 0.1) is 11.6 Å². The summed E-state index contributed by atoms with van der Waals surface area (Å²) in [6.45, 7) is 0. The van der Waals surface area contributed by atoms with Crippen LogP contribution < -0.4 is 5.32 Å². The minimum atomic E-state index is -3.38. The number of fused-ring (bicyclic) bond motifs is 2. The van der Waals surface area contributed by atoms with E-state index < -0.39 is 27.5 Å². The predicted molar refractivity (Wildman–Crippen MR) is 84.3 cm³/mol. The first kappa shape index (κ1) is 14.9. The maximum atomic E-state index is 13.6. The molecule has 122 valence electrons. The number of halogens is 2. The Morgan fingerprint density at radius 3 is 2.67 bits per heavy atom. The van der Waals surface area contributed by atoms with Gasteiger partial charge in [-0.05, 0) is 17.7 Å². The third-order valence-electron chi connectivity index (χ3n) is 4.00. The maximum Gasteiger partial charge on any atom is 0.181 e. The van der Waals surface area contributed by atoms with Crippen LogP contribution in [0.25, 0.3) is 10.9 Å². The molecule has 0 saturated carbocycles. The number of hydrogen-bond donors (Lipinski definition) is 1. The standard InChI is InChI=1S/C16H11F2N3O2S/c17-11-5-10-13(6-12(11)18)19-8-20-16(10)21-14-7-24(22,23)15-4-2-1-3-9(14)15/h1-6,8,14H,7H2,(H,19,20,21). The molecule has 1 unspecified atom stereocenters. The van der Waals surface area contributed by atoms with E-state index in [9.17, 15) is 17.2 Å². The first-order valence-electron chi connectivity index (χ1n) is 7.14. The van der Waals surface area contributed by atoms with Gasteiger partial charge in [-0.2, -0.15) is 0 Å². The van der Waals surface area contributed by atoms with Crippen LogP contribution in [-0.4, -0.2) is 24.1 Å². The Hall–Kier alpha value is -2.61. The molecule has 5 nitrogen and oxygen atoms in total. The lowest BCUT2D eigenvalue weighted by Crippen LogP contribution is -2.14. The molecule has 2 aromatic carbocycles. The number of anilines is 1. The lowest BCUT2D eigenvalue weighted by molar-refractivity contribution is 0.510. The summed E-state index contributed by atoms with van der Waals surface area (Å²) in [5.41, 5.74) is 0.868. The van der Waals surface area contributed by atoms with Crippen molar-refractivity contribution in [2.24, 2.45) is 0 Å². The van der Waals surface area contributed by atoms with E-state index in [1.807, 2.05) is 0 Å². The van der Waals surface area contributed by atoms with Gasteiger partial charge in [0.1, 0.15) is 12.1 Å². The lowest BCUT2D eigenvalue weighted by Gasteiger charge is -2.15. The molecule has 1 atom stereocenters. The minimum Gasteiger partial charge on any atom is -0.362 e. The van der Waals surface area contributed by atoms with E-state index in [4.69, 9.17) is 0 Å². The molecule has 2 heterocycles. The van der Waals surface area contributed by atoms with Crippen molar-refractivity contribution >= 4 is 26.6 Å². The van der Waals surface area contributed by atoms with Crippen molar-refractivity contribution in [2.75, 3.05) is 11.1 Å². The topological polar surface area (TPSA) is 72.0 Å².